The Morgan fingerprint density at radius 2 is 1.90 bits per heavy atom. The fourth-order valence-electron chi connectivity index (χ4n) is 1.69. The maximum absolute atomic E-state index is 12.7. The Morgan fingerprint density at radius 3 is 2.48 bits per heavy atom. The highest BCUT2D eigenvalue weighted by Crippen LogP contribution is 2.20. The van der Waals surface area contributed by atoms with Gasteiger partial charge in [0, 0.05) is 17.7 Å². The summed E-state index contributed by atoms with van der Waals surface area (Å²) in [6, 6.07) is 8.74. The topological polar surface area (TPSA) is 89.7 Å². The number of hydrogen-bond acceptors (Lipinski definition) is 4. The summed E-state index contributed by atoms with van der Waals surface area (Å²) in [4.78, 5) is 21.1. The van der Waals surface area contributed by atoms with E-state index < -0.39 is 16.7 Å². The number of ether oxygens (including phenoxy) is 1. The molecule has 0 radical (unpaired) electrons. The van der Waals surface area contributed by atoms with Crippen LogP contribution in [0.3, 0.4) is 0 Å². The molecule has 108 valence electrons. The molecule has 0 spiro atoms. The smallest absolute Gasteiger partial charge is 0.336 e. The molecule has 0 saturated heterocycles. The normalized spacial score (nSPS) is 10.1. The van der Waals surface area contributed by atoms with Gasteiger partial charge in [-0.05, 0) is 30.3 Å². The first-order chi connectivity index (χ1) is 9.97. The molecule has 7 heteroatoms. The SMILES string of the molecule is O=C(O)c1cc([N+](=O)[O-])ccc1COc1ccc(F)cc1. The van der Waals surface area contributed by atoms with E-state index in [1.54, 1.807) is 0 Å². The summed E-state index contributed by atoms with van der Waals surface area (Å²) in [5.41, 5.74) is -0.221. The second kappa shape index (κ2) is 6.00. The van der Waals surface area contributed by atoms with E-state index >= 15 is 0 Å². The quantitative estimate of drug-likeness (QED) is 0.675. The van der Waals surface area contributed by atoms with Crippen LogP contribution in [0.1, 0.15) is 15.9 Å². The summed E-state index contributed by atoms with van der Waals surface area (Å²) in [6.07, 6.45) is 0. The number of nitro groups is 1. The van der Waals surface area contributed by atoms with Crippen LogP contribution in [-0.2, 0) is 6.61 Å². The first-order valence-electron chi connectivity index (χ1n) is 5.86. The molecule has 2 aromatic rings. The fourth-order valence-corrected chi connectivity index (χ4v) is 1.69. The van der Waals surface area contributed by atoms with Crippen LogP contribution in [0.15, 0.2) is 42.5 Å². The molecule has 6 nitrogen and oxygen atoms in total. The van der Waals surface area contributed by atoms with E-state index in [0.717, 1.165) is 6.07 Å². The number of aromatic carboxylic acids is 1. The minimum Gasteiger partial charge on any atom is -0.489 e. The third-order valence-corrected chi connectivity index (χ3v) is 2.74. The molecule has 0 unspecified atom stereocenters. The van der Waals surface area contributed by atoms with Gasteiger partial charge in [0.15, 0.2) is 0 Å². The van der Waals surface area contributed by atoms with E-state index in [-0.39, 0.29) is 23.4 Å². The fraction of sp³-hybridized carbons (Fsp3) is 0.0714. The second-order valence-electron chi connectivity index (χ2n) is 4.15. The first-order valence-corrected chi connectivity index (χ1v) is 5.86. The van der Waals surface area contributed by atoms with E-state index in [4.69, 9.17) is 9.84 Å². The predicted molar refractivity (Wildman–Crippen MR) is 70.8 cm³/mol. The largest absolute Gasteiger partial charge is 0.489 e. The Kier molecular flexibility index (Phi) is 4.13. The maximum Gasteiger partial charge on any atom is 0.336 e. The van der Waals surface area contributed by atoms with Crippen LogP contribution in [0.5, 0.6) is 5.75 Å². The molecule has 0 aliphatic heterocycles. The van der Waals surface area contributed by atoms with Gasteiger partial charge in [0.05, 0.1) is 10.5 Å². The summed E-state index contributed by atoms with van der Waals surface area (Å²) in [7, 11) is 0. The third kappa shape index (κ3) is 3.53. The number of non-ortho nitro benzene ring substituents is 1. The molecular formula is C14H10FNO5. The van der Waals surface area contributed by atoms with Crippen molar-refractivity contribution in [3.8, 4) is 5.75 Å². The van der Waals surface area contributed by atoms with Crippen molar-refractivity contribution < 1.29 is 24.0 Å². The minimum absolute atomic E-state index is 0.0920. The standard InChI is InChI=1S/C14H10FNO5/c15-10-2-5-12(6-3-10)21-8-9-1-4-11(16(19)20)7-13(9)14(17)18/h1-7H,8H2,(H,17,18). The monoisotopic (exact) mass is 291 g/mol. The molecule has 0 aliphatic rings. The van der Waals surface area contributed by atoms with E-state index in [0.29, 0.717) is 5.75 Å². The molecule has 2 aromatic carbocycles. The Bertz CT molecular complexity index is 684. The molecule has 0 aliphatic carbocycles. The summed E-state index contributed by atoms with van der Waals surface area (Å²) in [6.45, 7) is -0.0920. The molecule has 1 N–H and O–H groups in total. The van der Waals surface area contributed by atoms with Crippen LogP contribution >= 0.6 is 0 Å². The lowest BCUT2D eigenvalue weighted by Crippen LogP contribution is -2.06. The van der Waals surface area contributed by atoms with Crippen LogP contribution in [0.2, 0.25) is 0 Å². The van der Waals surface area contributed by atoms with Crippen LogP contribution in [0.25, 0.3) is 0 Å². The van der Waals surface area contributed by atoms with Crippen molar-refractivity contribution in [1.82, 2.24) is 0 Å². The van der Waals surface area contributed by atoms with Crippen LogP contribution in [-0.4, -0.2) is 16.0 Å². The van der Waals surface area contributed by atoms with E-state index in [1.165, 1.54) is 36.4 Å². The predicted octanol–water partition coefficient (Wildman–Crippen LogP) is 3.01. The number of benzene rings is 2. The summed E-state index contributed by atoms with van der Waals surface area (Å²) in [5.74, 6) is -1.33. The molecule has 0 amide bonds. The zero-order valence-electron chi connectivity index (χ0n) is 10.7. The van der Waals surface area contributed by atoms with Gasteiger partial charge >= 0.3 is 5.97 Å². The highest BCUT2D eigenvalue weighted by Gasteiger charge is 2.16. The first kappa shape index (κ1) is 14.4. The average molecular weight is 291 g/mol. The number of carboxylic acid groups (broad SMARTS) is 1. The van der Waals surface area contributed by atoms with Gasteiger partial charge in [0.25, 0.3) is 5.69 Å². The number of halogens is 1. The number of carboxylic acids is 1. The molecule has 2 rings (SSSR count). The minimum atomic E-state index is -1.28. The van der Waals surface area contributed by atoms with Gasteiger partial charge in [-0.1, -0.05) is 0 Å². The molecule has 0 aromatic heterocycles. The molecular weight excluding hydrogens is 281 g/mol. The Hall–Kier alpha value is -2.96. The molecule has 0 bridgehead atoms. The lowest BCUT2D eigenvalue weighted by atomic mass is 10.1. The molecule has 0 atom stereocenters. The summed E-state index contributed by atoms with van der Waals surface area (Å²) < 4.78 is 18.1. The van der Waals surface area contributed by atoms with E-state index in [1.807, 2.05) is 0 Å². The lowest BCUT2D eigenvalue weighted by molar-refractivity contribution is -0.384. The van der Waals surface area contributed by atoms with Gasteiger partial charge in [-0.25, -0.2) is 9.18 Å². The van der Waals surface area contributed by atoms with Gasteiger partial charge < -0.3 is 9.84 Å². The van der Waals surface area contributed by atoms with Crippen LogP contribution in [0.4, 0.5) is 10.1 Å². The van der Waals surface area contributed by atoms with Crippen LogP contribution < -0.4 is 4.74 Å². The molecule has 0 heterocycles. The second-order valence-corrected chi connectivity index (χ2v) is 4.15. The maximum atomic E-state index is 12.7. The lowest BCUT2D eigenvalue weighted by Gasteiger charge is -2.08. The highest BCUT2D eigenvalue weighted by molar-refractivity contribution is 5.90. The molecule has 0 saturated carbocycles. The number of nitrogens with zero attached hydrogens (tertiary/aromatic N) is 1. The van der Waals surface area contributed by atoms with Crippen molar-refractivity contribution in [3.05, 3.63) is 69.5 Å². The average Bonchev–Trinajstić information content (AvgIpc) is 2.46. The van der Waals surface area contributed by atoms with Crippen molar-refractivity contribution in [3.63, 3.8) is 0 Å². The van der Waals surface area contributed by atoms with Crippen molar-refractivity contribution in [2.75, 3.05) is 0 Å². The van der Waals surface area contributed by atoms with E-state index in [2.05, 4.69) is 0 Å². The zero-order chi connectivity index (χ0) is 15.4. The van der Waals surface area contributed by atoms with Crippen molar-refractivity contribution >= 4 is 11.7 Å². The van der Waals surface area contributed by atoms with E-state index in [9.17, 15) is 19.3 Å². The number of carbonyl (C=O) groups is 1. The van der Waals surface area contributed by atoms with Gasteiger partial charge in [-0.3, -0.25) is 10.1 Å². The van der Waals surface area contributed by atoms with Crippen molar-refractivity contribution in [1.29, 1.82) is 0 Å². The van der Waals surface area contributed by atoms with Crippen molar-refractivity contribution in [2.24, 2.45) is 0 Å². The zero-order valence-corrected chi connectivity index (χ0v) is 10.7. The number of hydrogen-bond donors (Lipinski definition) is 1. The third-order valence-electron chi connectivity index (χ3n) is 2.74. The van der Waals surface area contributed by atoms with Gasteiger partial charge in [0.1, 0.15) is 18.2 Å². The molecule has 0 fully saturated rings. The summed E-state index contributed by atoms with van der Waals surface area (Å²) >= 11 is 0. The highest BCUT2D eigenvalue weighted by atomic mass is 19.1. The Morgan fingerprint density at radius 1 is 1.24 bits per heavy atom. The van der Waals surface area contributed by atoms with Gasteiger partial charge in [-0.15, -0.1) is 0 Å². The van der Waals surface area contributed by atoms with Gasteiger partial charge in [-0.2, -0.15) is 0 Å². The number of rotatable bonds is 5. The van der Waals surface area contributed by atoms with Crippen LogP contribution in [0, 0.1) is 15.9 Å². The molecule has 21 heavy (non-hydrogen) atoms. The van der Waals surface area contributed by atoms with Crippen molar-refractivity contribution in [2.45, 2.75) is 6.61 Å². The summed E-state index contributed by atoms with van der Waals surface area (Å²) in [5, 5.41) is 19.7. The number of nitro benzene ring substituents is 1. The van der Waals surface area contributed by atoms with Gasteiger partial charge in [0.2, 0.25) is 0 Å². The Labute approximate surface area is 118 Å². The Balaban J connectivity index is 2.21.